The number of furan rings is 1. The van der Waals surface area contributed by atoms with Gasteiger partial charge in [0.2, 0.25) is 10.0 Å². The summed E-state index contributed by atoms with van der Waals surface area (Å²) < 4.78 is 32.6. The Bertz CT molecular complexity index is 532. The molecule has 0 saturated heterocycles. The van der Waals surface area contributed by atoms with Crippen molar-refractivity contribution in [2.24, 2.45) is 11.8 Å². The van der Waals surface area contributed by atoms with E-state index in [0.29, 0.717) is 36.4 Å². The molecule has 1 aliphatic rings. The molecule has 2 rings (SSSR count). The van der Waals surface area contributed by atoms with Gasteiger partial charge in [0, 0.05) is 12.6 Å². The quantitative estimate of drug-likeness (QED) is 0.799. The van der Waals surface area contributed by atoms with Crippen LogP contribution in [0.4, 0.5) is 0 Å². The minimum atomic E-state index is -3.46. The molecule has 1 saturated carbocycles. The van der Waals surface area contributed by atoms with Crippen LogP contribution in [0, 0.1) is 18.8 Å². The number of hydrogen-bond donors (Lipinski definition) is 2. The fourth-order valence-electron chi connectivity index (χ4n) is 2.20. The van der Waals surface area contributed by atoms with Crippen molar-refractivity contribution in [2.75, 3.05) is 13.6 Å². The first-order valence-electron chi connectivity index (χ1n) is 6.67. The average Bonchev–Trinajstić information content (AvgIpc) is 3.12. The molecule has 1 fully saturated rings. The smallest absolute Gasteiger partial charge is 0.244 e. The SMILES string of the molecule is CNCc1cc(S(=O)(=O)NCC(C)C2CC2)c(C)o1. The number of hydrogen-bond acceptors (Lipinski definition) is 4. The van der Waals surface area contributed by atoms with Crippen molar-refractivity contribution < 1.29 is 12.8 Å². The van der Waals surface area contributed by atoms with Crippen LogP contribution in [0.3, 0.4) is 0 Å². The van der Waals surface area contributed by atoms with Gasteiger partial charge < -0.3 is 9.73 Å². The van der Waals surface area contributed by atoms with E-state index < -0.39 is 10.0 Å². The third-order valence-corrected chi connectivity index (χ3v) is 5.12. The zero-order chi connectivity index (χ0) is 14.0. The summed E-state index contributed by atoms with van der Waals surface area (Å²) in [5.41, 5.74) is 0. The highest BCUT2D eigenvalue weighted by Crippen LogP contribution is 2.36. The van der Waals surface area contributed by atoms with Crippen molar-refractivity contribution >= 4 is 10.0 Å². The lowest BCUT2D eigenvalue weighted by atomic mass is 10.1. The van der Waals surface area contributed by atoms with Crippen molar-refractivity contribution in [3.05, 3.63) is 17.6 Å². The molecule has 1 heterocycles. The van der Waals surface area contributed by atoms with Gasteiger partial charge in [0.15, 0.2) is 0 Å². The Hall–Kier alpha value is -0.850. The van der Waals surface area contributed by atoms with Gasteiger partial charge in [-0.3, -0.25) is 0 Å². The molecule has 6 heteroatoms. The van der Waals surface area contributed by atoms with Crippen LogP contribution in [0.2, 0.25) is 0 Å². The Labute approximate surface area is 114 Å². The van der Waals surface area contributed by atoms with E-state index in [1.165, 1.54) is 12.8 Å². The highest BCUT2D eigenvalue weighted by atomic mass is 32.2. The van der Waals surface area contributed by atoms with E-state index in [1.54, 1.807) is 20.0 Å². The van der Waals surface area contributed by atoms with Gasteiger partial charge in [-0.2, -0.15) is 0 Å². The van der Waals surface area contributed by atoms with Crippen LogP contribution < -0.4 is 10.0 Å². The third-order valence-electron chi connectivity index (χ3n) is 3.59. The Balaban J connectivity index is 2.05. The molecule has 0 aliphatic heterocycles. The zero-order valence-corrected chi connectivity index (χ0v) is 12.5. The second kappa shape index (κ2) is 5.64. The summed E-state index contributed by atoms with van der Waals surface area (Å²) in [4.78, 5) is 0.251. The maximum Gasteiger partial charge on any atom is 0.244 e. The molecular weight excluding hydrogens is 264 g/mol. The highest BCUT2D eigenvalue weighted by Gasteiger charge is 2.29. The van der Waals surface area contributed by atoms with E-state index in [4.69, 9.17) is 4.42 Å². The van der Waals surface area contributed by atoms with Crippen LogP contribution in [0.5, 0.6) is 0 Å². The lowest BCUT2D eigenvalue weighted by Crippen LogP contribution is -2.29. The van der Waals surface area contributed by atoms with E-state index in [0.717, 1.165) is 0 Å². The molecule has 1 aromatic heterocycles. The standard InChI is InChI=1S/C13H22N2O3S/c1-9(11-4-5-11)7-15-19(16,17)13-6-12(8-14-3)18-10(13)2/h6,9,11,14-15H,4-5,7-8H2,1-3H3. The Kier molecular flexibility index (Phi) is 4.32. The monoisotopic (exact) mass is 286 g/mol. The first-order chi connectivity index (χ1) is 8.94. The van der Waals surface area contributed by atoms with Gasteiger partial charge in [-0.15, -0.1) is 0 Å². The molecule has 108 valence electrons. The van der Waals surface area contributed by atoms with Gasteiger partial charge in [-0.05, 0) is 38.6 Å². The molecule has 2 N–H and O–H groups in total. The van der Waals surface area contributed by atoms with Crippen LogP contribution in [-0.4, -0.2) is 22.0 Å². The number of sulfonamides is 1. The van der Waals surface area contributed by atoms with Gasteiger partial charge in [0.05, 0.1) is 6.54 Å². The molecule has 19 heavy (non-hydrogen) atoms. The molecule has 0 spiro atoms. The largest absolute Gasteiger partial charge is 0.464 e. The van der Waals surface area contributed by atoms with E-state index in [1.807, 2.05) is 0 Å². The zero-order valence-electron chi connectivity index (χ0n) is 11.7. The van der Waals surface area contributed by atoms with Gasteiger partial charge in [-0.1, -0.05) is 6.92 Å². The average molecular weight is 286 g/mol. The van der Waals surface area contributed by atoms with Crippen LogP contribution >= 0.6 is 0 Å². The molecule has 0 bridgehead atoms. The maximum atomic E-state index is 12.2. The molecule has 1 aliphatic carbocycles. The van der Waals surface area contributed by atoms with Crippen LogP contribution in [0.15, 0.2) is 15.4 Å². The molecule has 1 unspecified atom stereocenters. The molecule has 0 amide bonds. The Morgan fingerprint density at radius 3 is 2.74 bits per heavy atom. The van der Waals surface area contributed by atoms with Crippen LogP contribution in [0.25, 0.3) is 0 Å². The van der Waals surface area contributed by atoms with E-state index in [2.05, 4.69) is 17.0 Å². The fourth-order valence-corrected chi connectivity index (χ4v) is 3.55. The fraction of sp³-hybridized carbons (Fsp3) is 0.692. The van der Waals surface area contributed by atoms with Crippen molar-refractivity contribution in [1.29, 1.82) is 0 Å². The lowest BCUT2D eigenvalue weighted by Gasteiger charge is -2.11. The van der Waals surface area contributed by atoms with Crippen molar-refractivity contribution in [3.8, 4) is 0 Å². The molecular formula is C13H22N2O3S. The molecule has 0 radical (unpaired) electrons. The minimum absolute atomic E-state index is 0.251. The minimum Gasteiger partial charge on any atom is -0.464 e. The number of aryl methyl sites for hydroxylation is 1. The Morgan fingerprint density at radius 2 is 2.16 bits per heavy atom. The van der Waals surface area contributed by atoms with E-state index in [9.17, 15) is 8.42 Å². The summed E-state index contributed by atoms with van der Waals surface area (Å²) >= 11 is 0. The molecule has 1 aromatic rings. The Morgan fingerprint density at radius 1 is 1.47 bits per heavy atom. The summed E-state index contributed by atoms with van der Waals surface area (Å²) in [7, 11) is -1.67. The summed E-state index contributed by atoms with van der Waals surface area (Å²) in [5.74, 6) is 2.17. The summed E-state index contributed by atoms with van der Waals surface area (Å²) in [6.07, 6.45) is 2.44. The summed E-state index contributed by atoms with van der Waals surface area (Å²) in [6, 6.07) is 1.59. The van der Waals surface area contributed by atoms with Crippen molar-refractivity contribution in [1.82, 2.24) is 10.0 Å². The predicted molar refractivity (Wildman–Crippen MR) is 73.3 cm³/mol. The topological polar surface area (TPSA) is 71.3 Å². The number of rotatable bonds is 7. The predicted octanol–water partition coefficient (Wildman–Crippen LogP) is 1.63. The van der Waals surface area contributed by atoms with Gasteiger partial charge in [0.1, 0.15) is 16.4 Å². The molecule has 0 aromatic carbocycles. The second-order valence-electron chi connectivity index (χ2n) is 5.33. The normalized spacial score (nSPS) is 17.6. The molecule has 1 atom stereocenters. The van der Waals surface area contributed by atoms with Crippen molar-refractivity contribution in [2.45, 2.75) is 38.1 Å². The highest BCUT2D eigenvalue weighted by molar-refractivity contribution is 7.89. The van der Waals surface area contributed by atoms with Gasteiger partial charge >= 0.3 is 0 Å². The lowest BCUT2D eigenvalue weighted by molar-refractivity contribution is 0.464. The first kappa shape index (κ1) is 14.6. The maximum absolute atomic E-state index is 12.2. The second-order valence-corrected chi connectivity index (χ2v) is 7.07. The van der Waals surface area contributed by atoms with Crippen molar-refractivity contribution in [3.63, 3.8) is 0 Å². The van der Waals surface area contributed by atoms with E-state index >= 15 is 0 Å². The summed E-state index contributed by atoms with van der Waals surface area (Å²) in [5, 5.41) is 2.94. The van der Waals surface area contributed by atoms with Crippen LogP contribution in [0.1, 0.15) is 31.3 Å². The van der Waals surface area contributed by atoms with Gasteiger partial charge in [0.25, 0.3) is 0 Å². The first-order valence-corrected chi connectivity index (χ1v) is 8.16. The number of nitrogens with one attached hydrogen (secondary N) is 2. The van der Waals surface area contributed by atoms with Gasteiger partial charge in [-0.25, -0.2) is 13.1 Å². The third kappa shape index (κ3) is 3.58. The van der Waals surface area contributed by atoms with Crippen LogP contribution in [-0.2, 0) is 16.6 Å². The van der Waals surface area contributed by atoms with E-state index in [-0.39, 0.29) is 4.90 Å². The molecule has 5 nitrogen and oxygen atoms in total. The summed E-state index contributed by atoms with van der Waals surface area (Å²) in [6.45, 7) is 4.79.